The van der Waals surface area contributed by atoms with E-state index in [1.54, 1.807) is 25.1 Å². The minimum atomic E-state index is -3.23. The number of hydrogen-bond acceptors (Lipinski definition) is 5. The summed E-state index contributed by atoms with van der Waals surface area (Å²) in [4.78, 5) is 0.261. The van der Waals surface area contributed by atoms with Crippen LogP contribution in [0.4, 0.5) is 11.4 Å². The maximum atomic E-state index is 11.8. The van der Waals surface area contributed by atoms with E-state index in [0.29, 0.717) is 11.4 Å². The molecule has 122 valence electrons. The highest BCUT2D eigenvalue weighted by molar-refractivity contribution is 7.91. The van der Waals surface area contributed by atoms with Crippen molar-refractivity contribution in [3.63, 3.8) is 0 Å². The lowest BCUT2D eigenvalue weighted by Gasteiger charge is -2.04. The number of hydrogen-bond donors (Lipinski definition) is 1. The highest BCUT2D eigenvalue weighted by Crippen LogP contribution is 2.35. The number of phenols is 1. The lowest BCUT2D eigenvalue weighted by atomic mass is 10.1. The van der Waals surface area contributed by atoms with Gasteiger partial charge in [0.1, 0.15) is 11.4 Å². The number of rotatable bonds is 4. The molecule has 3 rings (SSSR count). The fourth-order valence-electron chi connectivity index (χ4n) is 2.34. The molecule has 0 spiro atoms. The van der Waals surface area contributed by atoms with Crippen LogP contribution >= 0.6 is 0 Å². The highest BCUT2D eigenvalue weighted by atomic mass is 32.2. The van der Waals surface area contributed by atoms with Crippen LogP contribution < -0.4 is 0 Å². The van der Waals surface area contributed by atoms with Crippen molar-refractivity contribution < 1.29 is 13.5 Å². The van der Waals surface area contributed by atoms with Crippen LogP contribution in [0.2, 0.25) is 0 Å². The van der Waals surface area contributed by atoms with E-state index >= 15 is 0 Å². The standard InChI is InChI=1S/C18H16N2O3S/c1-2-24(22,23)15-10-8-14(9-11-15)19-20-18-16-6-4-3-5-13(16)7-12-17(18)21/h3-12,21H,2H2,1H3. The van der Waals surface area contributed by atoms with Crippen LogP contribution in [0.3, 0.4) is 0 Å². The lowest BCUT2D eigenvalue weighted by Crippen LogP contribution is -2.02. The summed E-state index contributed by atoms with van der Waals surface area (Å²) < 4.78 is 23.6. The molecule has 0 aliphatic heterocycles. The van der Waals surface area contributed by atoms with E-state index < -0.39 is 9.84 Å². The van der Waals surface area contributed by atoms with Crippen molar-refractivity contribution >= 4 is 32.0 Å². The van der Waals surface area contributed by atoms with Gasteiger partial charge in [0.05, 0.1) is 16.3 Å². The van der Waals surface area contributed by atoms with Gasteiger partial charge in [-0.3, -0.25) is 0 Å². The molecular formula is C18H16N2O3S. The van der Waals surface area contributed by atoms with Crippen LogP contribution in [0.1, 0.15) is 6.92 Å². The minimum Gasteiger partial charge on any atom is -0.506 e. The molecule has 0 saturated heterocycles. The number of sulfone groups is 1. The van der Waals surface area contributed by atoms with Crippen LogP contribution in [0.25, 0.3) is 10.8 Å². The number of benzene rings is 3. The Morgan fingerprint density at radius 2 is 1.62 bits per heavy atom. The zero-order valence-electron chi connectivity index (χ0n) is 13.0. The van der Waals surface area contributed by atoms with Crippen LogP contribution in [-0.4, -0.2) is 19.3 Å². The first-order chi connectivity index (χ1) is 11.5. The molecule has 0 heterocycles. The molecule has 6 heteroatoms. The average Bonchev–Trinajstić information content (AvgIpc) is 2.61. The van der Waals surface area contributed by atoms with Crippen molar-refractivity contribution in [1.29, 1.82) is 0 Å². The topological polar surface area (TPSA) is 79.1 Å². The number of nitrogens with zero attached hydrogens (tertiary/aromatic N) is 2. The molecule has 24 heavy (non-hydrogen) atoms. The molecule has 1 N–H and O–H groups in total. The Bertz CT molecular complexity index is 1010. The largest absolute Gasteiger partial charge is 0.506 e. The molecule has 3 aromatic rings. The predicted molar refractivity (Wildman–Crippen MR) is 94.0 cm³/mol. The predicted octanol–water partition coefficient (Wildman–Crippen LogP) is 4.75. The Balaban J connectivity index is 1.96. The molecule has 0 aliphatic carbocycles. The second-order valence-electron chi connectivity index (χ2n) is 5.25. The van der Waals surface area contributed by atoms with Crippen LogP contribution in [-0.2, 0) is 9.84 Å². The first kappa shape index (κ1) is 16.1. The van der Waals surface area contributed by atoms with E-state index in [1.165, 1.54) is 12.1 Å². The van der Waals surface area contributed by atoms with Crippen molar-refractivity contribution in [2.75, 3.05) is 5.75 Å². The van der Waals surface area contributed by atoms with Gasteiger partial charge in [-0.2, -0.15) is 5.11 Å². The summed E-state index contributed by atoms with van der Waals surface area (Å²) in [7, 11) is -3.23. The van der Waals surface area contributed by atoms with Crippen molar-refractivity contribution in [3.8, 4) is 5.75 Å². The van der Waals surface area contributed by atoms with Gasteiger partial charge in [0.25, 0.3) is 0 Å². The summed E-state index contributed by atoms with van der Waals surface area (Å²) in [6.07, 6.45) is 0. The number of aromatic hydroxyl groups is 1. The number of fused-ring (bicyclic) bond motifs is 1. The molecule has 0 radical (unpaired) electrons. The summed E-state index contributed by atoms with van der Waals surface area (Å²) in [6, 6.07) is 17.2. The second-order valence-corrected chi connectivity index (χ2v) is 7.53. The third kappa shape index (κ3) is 3.14. The van der Waals surface area contributed by atoms with Crippen molar-refractivity contribution in [2.45, 2.75) is 11.8 Å². The van der Waals surface area contributed by atoms with Gasteiger partial charge in [-0.25, -0.2) is 8.42 Å². The summed E-state index contributed by atoms with van der Waals surface area (Å²) in [6.45, 7) is 1.60. The maximum Gasteiger partial charge on any atom is 0.178 e. The molecule has 0 unspecified atom stereocenters. The van der Waals surface area contributed by atoms with Crippen molar-refractivity contribution in [2.24, 2.45) is 10.2 Å². The molecule has 0 saturated carbocycles. The Morgan fingerprint density at radius 3 is 2.33 bits per heavy atom. The quantitative estimate of drug-likeness (QED) is 0.696. The summed E-state index contributed by atoms with van der Waals surface area (Å²) >= 11 is 0. The monoisotopic (exact) mass is 340 g/mol. The van der Waals surface area contributed by atoms with E-state index in [4.69, 9.17) is 0 Å². The van der Waals surface area contributed by atoms with E-state index in [-0.39, 0.29) is 16.4 Å². The van der Waals surface area contributed by atoms with Gasteiger partial charge in [0, 0.05) is 5.39 Å². The van der Waals surface area contributed by atoms with Gasteiger partial charge in [-0.1, -0.05) is 37.3 Å². The van der Waals surface area contributed by atoms with Gasteiger partial charge in [0.15, 0.2) is 9.84 Å². The fourth-order valence-corrected chi connectivity index (χ4v) is 3.23. The molecular weight excluding hydrogens is 324 g/mol. The van der Waals surface area contributed by atoms with Gasteiger partial charge in [-0.05, 0) is 35.7 Å². The second kappa shape index (κ2) is 6.41. The Labute approximate surface area is 140 Å². The van der Waals surface area contributed by atoms with Gasteiger partial charge in [0.2, 0.25) is 0 Å². The zero-order chi connectivity index (χ0) is 17.2. The van der Waals surface area contributed by atoms with E-state index in [1.807, 2.05) is 30.3 Å². The molecule has 0 aliphatic rings. The van der Waals surface area contributed by atoms with E-state index in [2.05, 4.69) is 10.2 Å². The third-order valence-electron chi connectivity index (χ3n) is 3.72. The van der Waals surface area contributed by atoms with E-state index in [9.17, 15) is 13.5 Å². The molecule has 5 nitrogen and oxygen atoms in total. The van der Waals surface area contributed by atoms with Crippen molar-refractivity contribution in [3.05, 3.63) is 60.7 Å². The molecule has 0 atom stereocenters. The SMILES string of the molecule is CCS(=O)(=O)c1ccc(N=Nc2c(O)ccc3ccccc23)cc1. The average molecular weight is 340 g/mol. The summed E-state index contributed by atoms with van der Waals surface area (Å²) in [5.74, 6) is 0.0974. The van der Waals surface area contributed by atoms with Crippen LogP contribution in [0.5, 0.6) is 5.75 Å². The molecule has 3 aromatic carbocycles. The first-order valence-corrected chi connectivity index (χ1v) is 9.12. The lowest BCUT2D eigenvalue weighted by molar-refractivity contribution is 0.477. The number of azo groups is 1. The van der Waals surface area contributed by atoms with Gasteiger partial charge >= 0.3 is 0 Å². The third-order valence-corrected chi connectivity index (χ3v) is 5.47. The minimum absolute atomic E-state index is 0.0441. The number of phenolic OH excluding ortho intramolecular Hbond substituents is 1. The Hall–Kier alpha value is -2.73. The molecule has 0 fully saturated rings. The van der Waals surface area contributed by atoms with Gasteiger partial charge < -0.3 is 5.11 Å². The highest BCUT2D eigenvalue weighted by Gasteiger charge is 2.11. The van der Waals surface area contributed by atoms with Crippen molar-refractivity contribution in [1.82, 2.24) is 0 Å². The summed E-state index contributed by atoms with van der Waals surface area (Å²) in [5.41, 5.74) is 0.899. The van der Waals surface area contributed by atoms with Gasteiger partial charge in [-0.15, -0.1) is 5.11 Å². The van der Waals surface area contributed by atoms with E-state index in [0.717, 1.165) is 10.8 Å². The first-order valence-electron chi connectivity index (χ1n) is 7.46. The smallest absolute Gasteiger partial charge is 0.178 e. The van der Waals surface area contributed by atoms with Crippen LogP contribution in [0.15, 0.2) is 75.8 Å². The fraction of sp³-hybridized carbons (Fsp3) is 0.111. The summed E-state index contributed by atoms with van der Waals surface area (Å²) in [5, 5.41) is 20.0. The van der Waals surface area contributed by atoms with Crippen LogP contribution in [0, 0.1) is 0 Å². The molecule has 0 amide bonds. The maximum absolute atomic E-state index is 11.8. The zero-order valence-corrected chi connectivity index (χ0v) is 13.9. The normalized spacial score (nSPS) is 12.0. The molecule has 0 bridgehead atoms. The molecule has 0 aromatic heterocycles. The Morgan fingerprint density at radius 1 is 0.917 bits per heavy atom. The Kier molecular flexibility index (Phi) is 4.31.